The summed E-state index contributed by atoms with van der Waals surface area (Å²) in [4.78, 5) is 14.4. The molecule has 5 nitrogen and oxygen atoms in total. The van der Waals surface area contributed by atoms with E-state index in [9.17, 15) is 4.79 Å². The third kappa shape index (κ3) is 6.40. The summed E-state index contributed by atoms with van der Waals surface area (Å²) >= 11 is -0.0868. The standard InChI is InChI=1S/C27H32O5Se/c1-26(2)11-12-27(3,4)24-22(26)16-21(32-18-31-14-13-30-5)17-23(24)33-15-10-19-6-8-20(9-7-19)25(28)29/h6-9,16-17H,11-14,18H2,1-5H3,(H,28,29). The topological polar surface area (TPSA) is 65.0 Å². The molecule has 1 aliphatic rings. The van der Waals surface area contributed by atoms with E-state index in [0.29, 0.717) is 13.2 Å². The van der Waals surface area contributed by atoms with E-state index in [2.05, 4.69) is 50.6 Å². The van der Waals surface area contributed by atoms with Crippen molar-refractivity contribution >= 4 is 25.4 Å². The van der Waals surface area contributed by atoms with Gasteiger partial charge in [-0.1, -0.05) is 0 Å². The molecule has 0 radical (unpaired) electrons. The Morgan fingerprint density at radius 1 is 1.06 bits per heavy atom. The quantitative estimate of drug-likeness (QED) is 0.249. The van der Waals surface area contributed by atoms with E-state index in [1.54, 1.807) is 31.4 Å². The third-order valence-electron chi connectivity index (χ3n) is 6.09. The normalized spacial score (nSPS) is 15.8. The number of carbonyl (C=O) groups is 1. The molecular weight excluding hydrogens is 483 g/mol. The fourth-order valence-electron chi connectivity index (χ4n) is 4.02. The zero-order valence-corrected chi connectivity index (χ0v) is 21.7. The second kappa shape index (κ2) is 10.8. The molecule has 1 aliphatic carbocycles. The second-order valence-corrected chi connectivity index (χ2v) is 11.3. The van der Waals surface area contributed by atoms with Gasteiger partial charge in [-0.25, -0.2) is 0 Å². The average molecular weight is 516 g/mol. The molecule has 0 atom stereocenters. The van der Waals surface area contributed by atoms with Gasteiger partial charge in [-0.2, -0.15) is 0 Å². The van der Waals surface area contributed by atoms with Crippen molar-refractivity contribution in [3.05, 3.63) is 58.7 Å². The minimum atomic E-state index is -0.932. The maximum atomic E-state index is 11.1. The molecule has 1 N–H and O–H groups in total. The van der Waals surface area contributed by atoms with Crippen LogP contribution in [0.25, 0.3) is 0 Å². The Labute approximate surface area is 203 Å². The summed E-state index contributed by atoms with van der Waals surface area (Å²) in [6, 6.07) is 11.0. The number of benzene rings is 2. The number of fused-ring (bicyclic) bond motifs is 1. The molecule has 0 aliphatic heterocycles. The molecule has 0 fully saturated rings. The van der Waals surface area contributed by atoms with E-state index in [4.69, 9.17) is 19.3 Å². The van der Waals surface area contributed by atoms with Crippen molar-refractivity contribution in [2.75, 3.05) is 27.1 Å². The molecule has 0 spiro atoms. The fourth-order valence-corrected chi connectivity index (χ4v) is 5.99. The molecule has 6 heteroatoms. The number of hydrogen-bond donors (Lipinski definition) is 1. The Kier molecular flexibility index (Phi) is 8.26. The number of methoxy groups -OCH3 is 1. The van der Waals surface area contributed by atoms with Gasteiger partial charge in [-0.15, -0.1) is 0 Å². The van der Waals surface area contributed by atoms with Gasteiger partial charge >= 0.3 is 203 Å². The van der Waals surface area contributed by atoms with Crippen LogP contribution in [0, 0.1) is 10.7 Å². The van der Waals surface area contributed by atoms with Gasteiger partial charge in [-0.3, -0.25) is 0 Å². The molecular formula is C27H32O5Se. The van der Waals surface area contributed by atoms with Gasteiger partial charge < -0.3 is 0 Å². The predicted octanol–water partition coefficient (Wildman–Crippen LogP) is 4.07. The van der Waals surface area contributed by atoms with Crippen LogP contribution in [0.4, 0.5) is 0 Å². The third-order valence-corrected chi connectivity index (χ3v) is 7.65. The molecule has 2 aromatic carbocycles. The molecule has 0 aromatic heterocycles. The van der Waals surface area contributed by atoms with E-state index < -0.39 is 5.97 Å². The molecule has 176 valence electrons. The minimum absolute atomic E-state index is 0.0616. The van der Waals surface area contributed by atoms with Crippen LogP contribution >= 0.6 is 0 Å². The first-order chi connectivity index (χ1) is 15.6. The molecule has 0 bridgehead atoms. The molecule has 0 saturated heterocycles. The van der Waals surface area contributed by atoms with Gasteiger partial charge in [-0.05, 0) is 0 Å². The Morgan fingerprint density at radius 2 is 1.76 bits per heavy atom. The molecule has 3 rings (SSSR count). The second-order valence-electron chi connectivity index (χ2n) is 9.49. The van der Waals surface area contributed by atoms with E-state index in [0.717, 1.165) is 24.2 Å². The summed E-state index contributed by atoms with van der Waals surface area (Å²) in [6.45, 7) is 10.4. The van der Waals surface area contributed by atoms with Crippen LogP contribution in [0.5, 0.6) is 5.75 Å². The van der Waals surface area contributed by atoms with E-state index in [-0.39, 0.29) is 38.1 Å². The maximum absolute atomic E-state index is 11.1. The first-order valence-corrected chi connectivity index (χ1v) is 12.7. The summed E-state index contributed by atoms with van der Waals surface area (Å²) in [7, 11) is 1.65. The van der Waals surface area contributed by atoms with Gasteiger partial charge in [0.1, 0.15) is 0 Å². The van der Waals surface area contributed by atoms with Gasteiger partial charge in [0.2, 0.25) is 0 Å². The molecule has 33 heavy (non-hydrogen) atoms. The summed E-state index contributed by atoms with van der Waals surface area (Å²) in [5, 5.41) is 9.07. The number of hydrogen-bond acceptors (Lipinski definition) is 4. The van der Waals surface area contributed by atoms with Gasteiger partial charge in [0.15, 0.2) is 0 Å². The van der Waals surface area contributed by atoms with Gasteiger partial charge in [0.25, 0.3) is 0 Å². The number of ether oxygens (including phenoxy) is 3. The van der Waals surface area contributed by atoms with Crippen LogP contribution in [0.15, 0.2) is 36.4 Å². The van der Waals surface area contributed by atoms with Crippen molar-refractivity contribution in [3.8, 4) is 16.5 Å². The summed E-state index contributed by atoms with van der Waals surface area (Å²) < 4.78 is 17.7. The van der Waals surface area contributed by atoms with Crippen molar-refractivity contribution in [1.29, 1.82) is 0 Å². The molecule has 0 unspecified atom stereocenters. The Balaban J connectivity index is 1.90. The van der Waals surface area contributed by atoms with Gasteiger partial charge in [0.05, 0.1) is 0 Å². The van der Waals surface area contributed by atoms with Crippen molar-refractivity contribution in [2.24, 2.45) is 0 Å². The molecule has 0 amide bonds. The van der Waals surface area contributed by atoms with Crippen molar-refractivity contribution in [3.63, 3.8) is 0 Å². The number of aromatic carboxylic acids is 1. The summed E-state index contributed by atoms with van der Waals surface area (Å²) in [6.07, 6.45) is 2.25. The summed E-state index contributed by atoms with van der Waals surface area (Å²) in [5.41, 5.74) is 3.93. The zero-order valence-electron chi connectivity index (χ0n) is 20.0. The predicted molar refractivity (Wildman–Crippen MR) is 131 cm³/mol. The molecule has 0 heterocycles. The van der Waals surface area contributed by atoms with Crippen LogP contribution in [0.3, 0.4) is 0 Å². The van der Waals surface area contributed by atoms with E-state index in [1.807, 2.05) is 0 Å². The monoisotopic (exact) mass is 516 g/mol. The Bertz CT molecular complexity index is 1040. The molecule has 2 aromatic rings. The van der Waals surface area contributed by atoms with Crippen molar-refractivity contribution < 1.29 is 24.1 Å². The van der Waals surface area contributed by atoms with Crippen LogP contribution in [0.2, 0.25) is 0 Å². The number of rotatable bonds is 8. The van der Waals surface area contributed by atoms with Crippen LogP contribution in [-0.4, -0.2) is 53.1 Å². The van der Waals surface area contributed by atoms with Crippen molar-refractivity contribution in [1.82, 2.24) is 0 Å². The van der Waals surface area contributed by atoms with E-state index in [1.165, 1.54) is 15.6 Å². The van der Waals surface area contributed by atoms with Gasteiger partial charge in [0, 0.05) is 0 Å². The fraction of sp³-hybridized carbons (Fsp3) is 0.444. The number of carboxylic acids is 1. The molecule has 0 saturated carbocycles. The number of carboxylic acid groups (broad SMARTS) is 1. The van der Waals surface area contributed by atoms with E-state index >= 15 is 0 Å². The van der Waals surface area contributed by atoms with Crippen LogP contribution in [0.1, 0.15) is 67.6 Å². The zero-order chi connectivity index (χ0) is 24.1. The summed E-state index contributed by atoms with van der Waals surface area (Å²) in [5.74, 6) is 3.08. The van der Waals surface area contributed by atoms with Crippen LogP contribution in [-0.2, 0) is 20.3 Å². The SMILES string of the molecule is COCCOCOc1cc([Se]C#Cc2ccc(C(=O)O)cc2)c2c(c1)C(C)(C)CCC2(C)C. The van der Waals surface area contributed by atoms with Crippen LogP contribution < -0.4 is 9.20 Å². The Morgan fingerprint density at radius 3 is 2.42 bits per heavy atom. The van der Waals surface area contributed by atoms with Crippen molar-refractivity contribution in [2.45, 2.75) is 51.4 Å². The average Bonchev–Trinajstić information content (AvgIpc) is 2.77. The first kappa shape index (κ1) is 25.3. The first-order valence-electron chi connectivity index (χ1n) is 11.0. The Hall–Kier alpha value is -2.29.